The first-order valence-corrected chi connectivity index (χ1v) is 6.96. The summed E-state index contributed by atoms with van der Waals surface area (Å²) in [6, 6.07) is 10.2. The van der Waals surface area contributed by atoms with Gasteiger partial charge in [-0.15, -0.1) is 0 Å². The summed E-state index contributed by atoms with van der Waals surface area (Å²) in [6.45, 7) is 2.04. The lowest BCUT2D eigenvalue weighted by molar-refractivity contribution is 0.680. The number of aromatic amines is 1. The smallest absolute Gasteiger partial charge is 0.266 e. The first-order valence-electron chi connectivity index (χ1n) is 6.96. The molecular weight excluding hydrogens is 248 g/mol. The Kier molecular flexibility index (Phi) is 3.15. The highest BCUT2D eigenvalue weighted by Gasteiger charge is 2.20. The number of fused-ring (bicyclic) bond motifs is 1. The summed E-state index contributed by atoms with van der Waals surface area (Å²) in [5, 5.41) is 9.21. The number of nitrogens with one attached hydrogen (secondary N) is 1. The molecule has 3 heteroatoms. The fraction of sp³-hybridized carbons (Fsp3) is 0.294. The maximum Gasteiger partial charge on any atom is 0.266 e. The van der Waals surface area contributed by atoms with E-state index in [1.807, 2.05) is 25.1 Å². The van der Waals surface area contributed by atoms with Crippen LogP contribution in [0.5, 0.6) is 0 Å². The van der Waals surface area contributed by atoms with Crippen LogP contribution in [0.2, 0.25) is 0 Å². The van der Waals surface area contributed by atoms with Gasteiger partial charge in [0.15, 0.2) is 0 Å². The van der Waals surface area contributed by atoms with Crippen molar-refractivity contribution in [3.05, 3.63) is 56.9 Å². The largest absolute Gasteiger partial charge is 0.321 e. The number of H-pyrrole nitrogens is 1. The van der Waals surface area contributed by atoms with E-state index in [0.717, 1.165) is 53.6 Å². The average molecular weight is 264 g/mol. The molecule has 2 aromatic rings. The summed E-state index contributed by atoms with van der Waals surface area (Å²) in [5.74, 6) is 0. The second-order valence-corrected chi connectivity index (χ2v) is 5.35. The van der Waals surface area contributed by atoms with E-state index >= 15 is 0 Å². The molecule has 3 rings (SSSR count). The van der Waals surface area contributed by atoms with Gasteiger partial charge in [-0.25, -0.2) is 0 Å². The van der Waals surface area contributed by atoms with E-state index in [1.54, 1.807) is 0 Å². The molecular formula is C17H16N2O. The zero-order valence-corrected chi connectivity index (χ0v) is 11.5. The minimum Gasteiger partial charge on any atom is -0.321 e. The predicted octanol–water partition coefficient (Wildman–Crippen LogP) is 3.10. The third-order valence-electron chi connectivity index (χ3n) is 3.96. The maximum atomic E-state index is 12.1. The molecule has 0 saturated heterocycles. The number of hydrogen-bond acceptors (Lipinski definition) is 2. The van der Waals surface area contributed by atoms with Gasteiger partial charge in [-0.05, 0) is 55.4 Å². The van der Waals surface area contributed by atoms with E-state index in [0.29, 0.717) is 5.56 Å². The zero-order chi connectivity index (χ0) is 14.1. The van der Waals surface area contributed by atoms with Crippen LogP contribution in [-0.2, 0) is 12.8 Å². The summed E-state index contributed by atoms with van der Waals surface area (Å²) in [7, 11) is 0. The van der Waals surface area contributed by atoms with Gasteiger partial charge in [0.05, 0.1) is 5.69 Å². The lowest BCUT2D eigenvalue weighted by Crippen LogP contribution is -2.20. The van der Waals surface area contributed by atoms with Gasteiger partial charge in [-0.3, -0.25) is 4.79 Å². The summed E-state index contributed by atoms with van der Waals surface area (Å²) in [5.41, 5.74) is 5.24. The van der Waals surface area contributed by atoms with Gasteiger partial charge in [-0.2, -0.15) is 5.26 Å². The van der Waals surface area contributed by atoms with Gasteiger partial charge in [0.2, 0.25) is 0 Å². The van der Waals surface area contributed by atoms with Crippen LogP contribution >= 0.6 is 0 Å². The summed E-state index contributed by atoms with van der Waals surface area (Å²) < 4.78 is 0. The van der Waals surface area contributed by atoms with Gasteiger partial charge in [0, 0.05) is 0 Å². The second-order valence-electron chi connectivity index (χ2n) is 5.35. The molecule has 0 atom stereocenters. The van der Waals surface area contributed by atoms with Crippen molar-refractivity contribution in [2.75, 3.05) is 0 Å². The average Bonchev–Trinajstić information content (AvgIpc) is 2.46. The number of rotatable bonds is 1. The number of pyridine rings is 1. The molecule has 1 N–H and O–H groups in total. The lowest BCUT2D eigenvalue weighted by atomic mass is 9.86. The lowest BCUT2D eigenvalue weighted by Gasteiger charge is -2.20. The minimum atomic E-state index is -0.260. The van der Waals surface area contributed by atoms with Gasteiger partial charge in [0.25, 0.3) is 5.56 Å². The summed E-state index contributed by atoms with van der Waals surface area (Å²) in [4.78, 5) is 15.0. The number of nitrogens with zero attached hydrogens (tertiary/aromatic N) is 1. The fourth-order valence-electron chi connectivity index (χ4n) is 3.01. The Morgan fingerprint density at radius 3 is 2.65 bits per heavy atom. The van der Waals surface area contributed by atoms with Crippen molar-refractivity contribution in [3.8, 4) is 17.3 Å². The molecule has 0 spiro atoms. The van der Waals surface area contributed by atoms with Gasteiger partial charge in [0.1, 0.15) is 11.6 Å². The molecule has 100 valence electrons. The third kappa shape index (κ3) is 2.04. The molecule has 20 heavy (non-hydrogen) atoms. The van der Waals surface area contributed by atoms with E-state index in [9.17, 15) is 10.1 Å². The summed E-state index contributed by atoms with van der Waals surface area (Å²) in [6.07, 6.45) is 3.94. The van der Waals surface area contributed by atoms with E-state index in [2.05, 4.69) is 17.1 Å². The zero-order valence-electron chi connectivity index (χ0n) is 11.5. The van der Waals surface area contributed by atoms with Crippen LogP contribution in [-0.4, -0.2) is 4.98 Å². The van der Waals surface area contributed by atoms with Gasteiger partial charge in [-0.1, -0.05) is 23.8 Å². The molecule has 0 amide bonds. The number of aromatic nitrogens is 1. The van der Waals surface area contributed by atoms with Crippen molar-refractivity contribution < 1.29 is 0 Å². The molecule has 1 heterocycles. The third-order valence-corrected chi connectivity index (χ3v) is 3.96. The first-order chi connectivity index (χ1) is 9.70. The van der Waals surface area contributed by atoms with E-state index < -0.39 is 0 Å². The van der Waals surface area contributed by atoms with Gasteiger partial charge < -0.3 is 4.98 Å². The Bertz CT molecular complexity index is 766. The number of aryl methyl sites for hydroxylation is 1. The molecule has 0 saturated carbocycles. The molecule has 0 radical (unpaired) electrons. The van der Waals surface area contributed by atoms with Crippen LogP contribution in [0.1, 0.15) is 35.1 Å². The van der Waals surface area contributed by atoms with E-state index in [1.165, 1.54) is 0 Å². The Morgan fingerprint density at radius 1 is 1.20 bits per heavy atom. The monoisotopic (exact) mass is 264 g/mol. The molecule has 1 aromatic carbocycles. The fourth-order valence-corrected chi connectivity index (χ4v) is 3.01. The molecule has 1 aliphatic carbocycles. The molecule has 0 unspecified atom stereocenters. The van der Waals surface area contributed by atoms with E-state index in [4.69, 9.17) is 0 Å². The van der Waals surface area contributed by atoms with E-state index in [-0.39, 0.29) is 5.56 Å². The number of hydrogen-bond donors (Lipinski definition) is 1. The number of nitriles is 1. The molecule has 0 aliphatic heterocycles. The Hall–Kier alpha value is -2.34. The molecule has 1 aromatic heterocycles. The number of benzene rings is 1. The maximum absolute atomic E-state index is 12.1. The Morgan fingerprint density at radius 2 is 1.95 bits per heavy atom. The van der Waals surface area contributed by atoms with Crippen molar-refractivity contribution in [3.63, 3.8) is 0 Å². The normalized spacial score (nSPS) is 13.6. The van der Waals surface area contributed by atoms with Crippen LogP contribution in [0.25, 0.3) is 11.3 Å². The summed E-state index contributed by atoms with van der Waals surface area (Å²) >= 11 is 0. The van der Waals surface area contributed by atoms with Gasteiger partial charge >= 0.3 is 0 Å². The highest BCUT2D eigenvalue weighted by molar-refractivity contribution is 5.67. The van der Waals surface area contributed by atoms with Crippen molar-refractivity contribution >= 4 is 0 Å². The van der Waals surface area contributed by atoms with Crippen LogP contribution in [0.15, 0.2) is 29.1 Å². The quantitative estimate of drug-likeness (QED) is 0.860. The van der Waals surface area contributed by atoms with Crippen LogP contribution in [0.3, 0.4) is 0 Å². The van der Waals surface area contributed by atoms with Crippen molar-refractivity contribution in [2.45, 2.75) is 32.6 Å². The topological polar surface area (TPSA) is 56.6 Å². The second kappa shape index (κ2) is 4.97. The molecule has 1 aliphatic rings. The Balaban J connectivity index is 2.30. The minimum absolute atomic E-state index is 0.260. The molecule has 0 fully saturated rings. The highest BCUT2D eigenvalue weighted by Crippen LogP contribution is 2.30. The molecule has 3 nitrogen and oxygen atoms in total. The first kappa shape index (κ1) is 12.7. The van der Waals surface area contributed by atoms with Crippen molar-refractivity contribution in [1.82, 2.24) is 4.98 Å². The SMILES string of the molecule is Cc1cccc(-c2[nH]c(=O)c(C#N)c3c2CCCC3)c1. The standard InChI is InChI=1S/C17H16N2O/c1-11-5-4-6-12(9-11)16-14-8-3-2-7-13(14)15(10-18)17(20)19-16/h4-6,9H,2-3,7-8H2,1H3,(H,19,20). The highest BCUT2D eigenvalue weighted by atomic mass is 16.1. The molecule has 0 bridgehead atoms. The van der Waals surface area contributed by atoms with Crippen LogP contribution in [0.4, 0.5) is 0 Å². The van der Waals surface area contributed by atoms with Crippen LogP contribution < -0.4 is 5.56 Å². The Labute approximate surface area is 117 Å². The predicted molar refractivity (Wildman–Crippen MR) is 78.6 cm³/mol. The van der Waals surface area contributed by atoms with Crippen molar-refractivity contribution in [1.29, 1.82) is 5.26 Å². The van der Waals surface area contributed by atoms with Crippen molar-refractivity contribution in [2.24, 2.45) is 0 Å². The van der Waals surface area contributed by atoms with Crippen LogP contribution in [0, 0.1) is 18.3 Å².